The van der Waals surface area contributed by atoms with Gasteiger partial charge in [0.1, 0.15) is 5.76 Å². The highest BCUT2D eigenvalue weighted by molar-refractivity contribution is 14.1. The summed E-state index contributed by atoms with van der Waals surface area (Å²) in [5.41, 5.74) is 1.22. The highest BCUT2D eigenvalue weighted by Crippen LogP contribution is 2.12. The Morgan fingerprint density at radius 1 is 1.04 bits per heavy atom. The number of carbonyl (C=O) groups is 1. The second-order valence-electron chi connectivity index (χ2n) is 5.91. The number of amides is 1. The predicted octanol–water partition coefficient (Wildman–Crippen LogP) is 3.76. The van der Waals surface area contributed by atoms with E-state index < -0.39 is 0 Å². The van der Waals surface area contributed by atoms with Gasteiger partial charge in [0, 0.05) is 38.8 Å². The maximum Gasteiger partial charge on any atom is 0.246 e. The largest absolute Gasteiger partial charge is 0.451 e. The van der Waals surface area contributed by atoms with Gasteiger partial charge in [0.05, 0.1) is 0 Å². The second kappa shape index (κ2) is 9.01. The normalized spacial score (nSPS) is 16.1. The van der Waals surface area contributed by atoms with Gasteiger partial charge in [-0.05, 0) is 46.4 Å². The summed E-state index contributed by atoms with van der Waals surface area (Å²) in [7, 11) is 0. The molecule has 3 rings (SSSR count). The van der Waals surface area contributed by atoms with Gasteiger partial charge in [-0.3, -0.25) is 9.69 Å². The van der Waals surface area contributed by atoms with E-state index in [1.807, 2.05) is 35.2 Å². The molecule has 0 unspecified atom stereocenters. The smallest absolute Gasteiger partial charge is 0.246 e. The molecule has 1 amide bonds. The van der Waals surface area contributed by atoms with Gasteiger partial charge >= 0.3 is 0 Å². The second-order valence-corrected chi connectivity index (χ2v) is 6.98. The fourth-order valence-electron chi connectivity index (χ4n) is 2.73. The fourth-order valence-corrected chi connectivity index (χ4v) is 3.16. The Hall–Kier alpha value is -1.86. The maximum atomic E-state index is 12.2. The van der Waals surface area contributed by atoms with Crippen LogP contribution in [0.2, 0.25) is 0 Å². The molecule has 0 atom stereocenters. The zero-order valence-corrected chi connectivity index (χ0v) is 16.1. The molecule has 0 radical (unpaired) electrons. The monoisotopic (exact) mass is 448 g/mol. The first kappa shape index (κ1) is 17.9. The first-order valence-corrected chi connectivity index (χ1v) is 9.45. The van der Waals surface area contributed by atoms with Crippen molar-refractivity contribution in [3.8, 4) is 0 Å². The van der Waals surface area contributed by atoms with Crippen LogP contribution in [-0.4, -0.2) is 48.4 Å². The maximum absolute atomic E-state index is 12.2. The van der Waals surface area contributed by atoms with Crippen molar-refractivity contribution >= 4 is 40.7 Å². The zero-order valence-electron chi connectivity index (χ0n) is 14.0. The highest BCUT2D eigenvalue weighted by Gasteiger charge is 2.18. The van der Waals surface area contributed by atoms with Crippen LogP contribution in [0.1, 0.15) is 11.3 Å². The standard InChI is InChI=1S/C20H21IN2O2/c21-19-10-8-18(25-19)9-11-20(24)23-15-13-22(14-16-23)12-4-7-17-5-2-1-3-6-17/h1-11H,12-16H2/b7-4+,11-9+. The van der Waals surface area contributed by atoms with E-state index in [1.165, 1.54) is 5.56 Å². The molecule has 1 aromatic heterocycles. The molecule has 0 spiro atoms. The van der Waals surface area contributed by atoms with Gasteiger partial charge in [0.2, 0.25) is 5.91 Å². The molecule has 25 heavy (non-hydrogen) atoms. The molecule has 0 saturated carbocycles. The molecule has 1 aliphatic rings. The third-order valence-corrected chi connectivity index (χ3v) is 4.72. The summed E-state index contributed by atoms with van der Waals surface area (Å²) in [6.45, 7) is 4.24. The quantitative estimate of drug-likeness (QED) is 0.517. The number of benzene rings is 1. The summed E-state index contributed by atoms with van der Waals surface area (Å²) in [6, 6.07) is 14.0. The third-order valence-electron chi connectivity index (χ3n) is 4.14. The van der Waals surface area contributed by atoms with E-state index in [4.69, 9.17) is 4.42 Å². The summed E-state index contributed by atoms with van der Waals surface area (Å²) >= 11 is 2.11. The van der Waals surface area contributed by atoms with E-state index in [2.05, 4.69) is 51.8 Å². The summed E-state index contributed by atoms with van der Waals surface area (Å²) < 4.78 is 6.25. The van der Waals surface area contributed by atoms with Crippen LogP contribution in [0.15, 0.2) is 59.0 Å². The molecule has 2 heterocycles. The molecule has 4 nitrogen and oxygen atoms in total. The van der Waals surface area contributed by atoms with Crippen molar-refractivity contribution < 1.29 is 9.21 Å². The number of nitrogens with zero attached hydrogens (tertiary/aromatic N) is 2. The molecule has 0 N–H and O–H groups in total. The zero-order chi connectivity index (χ0) is 17.5. The Balaban J connectivity index is 1.43. The highest BCUT2D eigenvalue weighted by atomic mass is 127. The molecular formula is C20H21IN2O2. The number of hydrogen-bond donors (Lipinski definition) is 0. The Labute approximate surface area is 161 Å². The van der Waals surface area contributed by atoms with E-state index >= 15 is 0 Å². The topological polar surface area (TPSA) is 36.7 Å². The lowest BCUT2D eigenvalue weighted by atomic mass is 10.2. The van der Waals surface area contributed by atoms with E-state index in [0.717, 1.165) is 36.5 Å². The first-order chi connectivity index (χ1) is 12.2. The molecule has 5 heteroatoms. The van der Waals surface area contributed by atoms with Crippen molar-refractivity contribution in [2.75, 3.05) is 32.7 Å². The first-order valence-electron chi connectivity index (χ1n) is 8.37. The summed E-state index contributed by atoms with van der Waals surface area (Å²) in [6.07, 6.45) is 7.66. The summed E-state index contributed by atoms with van der Waals surface area (Å²) in [5, 5.41) is 0. The third kappa shape index (κ3) is 5.57. The molecule has 2 aromatic rings. The van der Waals surface area contributed by atoms with E-state index in [-0.39, 0.29) is 5.91 Å². The van der Waals surface area contributed by atoms with E-state index in [9.17, 15) is 4.79 Å². The molecule has 1 aliphatic heterocycles. The van der Waals surface area contributed by atoms with Crippen LogP contribution in [0.25, 0.3) is 12.2 Å². The number of furan rings is 1. The molecule has 0 bridgehead atoms. The SMILES string of the molecule is O=C(/C=C/c1ccc(I)o1)N1CCN(C/C=C/c2ccccc2)CC1. The molecule has 1 fully saturated rings. The van der Waals surface area contributed by atoms with Crippen molar-refractivity contribution in [1.29, 1.82) is 0 Å². The van der Waals surface area contributed by atoms with E-state index in [0.29, 0.717) is 5.76 Å². The summed E-state index contributed by atoms with van der Waals surface area (Å²) in [4.78, 5) is 16.5. The number of rotatable bonds is 5. The lowest BCUT2D eigenvalue weighted by Crippen LogP contribution is -2.48. The van der Waals surface area contributed by atoms with Gasteiger partial charge in [0.25, 0.3) is 0 Å². The minimum Gasteiger partial charge on any atom is -0.451 e. The molecular weight excluding hydrogens is 427 g/mol. The minimum absolute atomic E-state index is 0.0471. The summed E-state index contributed by atoms with van der Waals surface area (Å²) in [5.74, 6) is 0.758. The molecule has 0 aliphatic carbocycles. The Kier molecular flexibility index (Phi) is 6.47. The van der Waals surface area contributed by atoms with Crippen molar-refractivity contribution in [3.63, 3.8) is 0 Å². The Morgan fingerprint density at radius 3 is 2.48 bits per heavy atom. The Morgan fingerprint density at radius 2 is 1.80 bits per heavy atom. The van der Waals surface area contributed by atoms with Crippen molar-refractivity contribution in [1.82, 2.24) is 9.80 Å². The average Bonchev–Trinajstić information content (AvgIpc) is 3.06. The van der Waals surface area contributed by atoms with Gasteiger partial charge in [-0.25, -0.2) is 0 Å². The predicted molar refractivity (Wildman–Crippen MR) is 109 cm³/mol. The number of hydrogen-bond acceptors (Lipinski definition) is 3. The molecule has 1 saturated heterocycles. The molecule has 130 valence electrons. The van der Waals surface area contributed by atoms with Gasteiger partial charge in [-0.2, -0.15) is 0 Å². The number of carbonyl (C=O) groups excluding carboxylic acids is 1. The van der Waals surface area contributed by atoms with Crippen molar-refractivity contribution in [2.45, 2.75) is 0 Å². The number of halogens is 1. The van der Waals surface area contributed by atoms with Crippen LogP contribution in [0.3, 0.4) is 0 Å². The van der Waals surface area contributed by atoms with Crippen molar-refractivity contribution in [2.24, 2.45) is 0 Å². The minimum atomic E-state index is 0.0471. The van der Waals surface area contributed by atoms with Gasteiger partial charge in [0.15, 0.2) is 3.77 Å². The lowest BCUT2D eigenvalue weighted by Gasteiger charge is -2.33. The average molecular weight is 448 g/mol. The number of piperazine rings is 1. The van der Waals surface area contributed by atoms with Gasteiger partial charge < -0.3 is 9.32 Å². The van der Waals surface area contributed by atoms with Crippen LogP contribution in [0, 0.1) is 3.77 Å². The van der Waals surface area contributed by atoms with Crippen LogP contribution in [0.4, 0.5) is 0 Å². The van der Waals surface area contributed by atoms with Crippen molar-refractivity contribution in [3.05, 3.63) is 69.7 Å². The van der Waals surface area contributed by atoms with Crippen LogP contribution in [-0.2, 0) is 4.79 Å². The lowest BCUT2D eigenvalue weighted by molar-refractivity contribution is -0.127. The van der Waals surface area contributed by atoms with Gasteiger partial charge in [-0.15, -0.1) is 0 Å². The molecule has 1 aromatic carbocycles. The Bertz CT molecular complexity index is 744. The van der Waals surface area contributed by atoms with Gasteiger partial charge in [-0.1, -0.05) is 42.5 Å². The van der Waals surface area contributed by atoms with Crippen LogP contribution in [0.5, 0.6) is 0 Å². The van der Waals surface area contributed by atoms with Crippen LogP contribution >= 0.6 is 22.6 Å². The van der Waals surface area contributed by atoms with E-state index in [1.54, 1.807) is 12.2 Å². The van der Waals surface area contributed by atoms with Crippen LogP contribution < -0.4 is 0 Å². The fraction of sp³-hybridized carbons (Fsp3) is 0.250.